The molecule has 216 valence electrons. The molecule has 0 aliphatic carbocycles. The van der Waals surface area contributed by atoms with Crippen molar-refractivity contribution in [2.75, 3.05) is 92.5 Å². The number of carbonyl (C=O) groups is 1. The molecule has 0 radical (unpaired) electrons. The van der Waals surface area contributed by atoms with Gasteiger partial charge in [-0.2, -0.15) is 0 Å². The first-order valence-corrected chi connectivity index (χ1v) is 16.4. The third-order valence-electron chi connectivity index (χ3n) is 5.83. The van der Waals surface area contributed by atoms with Gasteiger partial charge in [0.15, 0.2) is 8.32 Å². The summed E-state index contributed by atoms with van der Waals surface area (Å²) in [6.07, 6.45) is 3.52. The van der Waals surface area contributed by atoms with E-state index in [9.17, 15) is 4.79 Å². The summed E-state index contributed by atoms with van der Waals surface area (Å²) in [6, 6.07) is 0. The van der Waals surface area contributed by atoms with Gasteiger partial charge in [0.25, 0.3) is 0 Å². The van der Waals surface area contributed by atoms with Crippen LogP contribution in [0, 0.1) is 0 Å². The molecule has 36 heavy (non-hydrogen) atoms. The summed E-state index contributed by atoms with van der Waals surface area (Å²) >= 11 is 0. The van der Waals surface area contributed by atoms with Crippen molar-refractivity contribution in [3.63, 3.8) is 0 Å². The number of hydrogen-bond acceptors (Lipinski definition) is 9. The molecule has 0 saturated heterocycles. The third-order valence-corrected chi connectivity index (χ3v) is 10.4. The molecule has 9 nitrogen and oxygen atoms in total. The van der Waals surface area contributed by atoms with Crippen LogP contribution in [0.5, 0.6) is 0 Å². The molecule has 0 saturated carbocycles. The summed E-state index contributed by atoms with van der Waals surface area (Å²) in [5, 5.41) is 0.220. The number of carbonyl (C=O) groups excluding carboxylic acids is 1. The van der Waals surface area contributed by atoms with Crippen molar-refractivity contribution >= 4 is 14.3 Å². The molecule has 0 aromatic heterocycles. The van der Waals surface area contributed by atoms with Crippen LogP contribution >= 0.6 is 0 Å². The van der Waals surface area contributed by atoms with E-state index in [2.05, 4.69) is 40.8 Å². The number of ether oxygens (including phenoxy) is 7. The number of rotatable bonds is 26. The Morgan fingerprint density at radius 2 is 0.944 bits per heavy atom. The maximum atomic E-state index is 11.4. The van der Waals surface area contributed by atoms with E-state index in [0.717, 1.165) is 19.3 Å². The second-order valence-electron chi connectivity index (χ2n) is 9.96. The highest BCUT2D eigenvalue weighted by Gasteiger charge is 2.36. The summed E-state index contributed by atoms with van der Waals surface area (Å²) in [5.41, 5.74) is 0. The first kappa shape index (κ1) is 35.4. The van der Waals surface area contributed by atoms with Gasteiger partial charge in [-0.05, 0) is 24.6 Å². The second kappa shape index (κ2) is 23.5. The van der Waals surface area contributed by atoms with Crippen LogP contribution in [0.2, 0.25) is 18.1 Å². The predicted octanol–water partition coefficient (Wildman–Crippen LogP) is 4.23. The van der Waals surface area contributed by atoms with E-state index in [0.29, 0.717) is 98.9 Å². The lowest BCUT2D eigenvalue weighted by molar-refractivity contribution is -0.145. The second-order valence-corrected chi connectivity index (χ2v) is 14.8. The molecule has 0 heterocycles. The fraction of sp³-hybridized carbons (Fsp3) is 0.962. The fourth-order valence-electron chi connectivity index (χ4n) is 2.58. The van der Waals surface area contributed by atoms with Crippen molar-refractivity contribution in [3.8, 4) is 0 Å². The Kier molecular flexibility index (Phi) is 23.1. The monoisotopic (exact) mass is 538 g/mol. The molecule has 0 aromatic carbocycles. The first-order valence-electron chi connectivity index (χ1n) is 13.5. The molecular weight excluding hydrogens is 484 g/mol. The van der Waals surface area contributed by atoms with E-state index >= 15 is 0 Å². The summed E-state index contributed by atoms with van der Waals surface area (Å²) in [5.74, 6) is -0.152. The lowest BCUT2D eigenvalue weighted by atomic mass is 10.2. The van der Waals surface area contributed by atoms with Crippen molar-refractivity contribution in [2.45, 2.75) is 71.5 Å². The van der Waals surface area contributed by atoms with Gasteiger partial charge in [0.1, 0.15) is 6.61 Å². The van der Waals surface area contributed by atoms with Crippen LogP contribution in [0.15, 0.2) is 0 Å². The number of esters is 1. The molecule has 0 bridgehead atoms. The van der Waals surface area contributed by atoms with Crippen molar-refractivity contribution < 1.29 is 42.4 Å². The van der Waals surface area contributed by atoms with E-state index in [1.807, 2.05) is 0 Å². The molecule has 0 rings (SSSR count). The van der Waals surface area contributed by atoms with Gasteiger partial charge in [-0.3, -0.25) is 4.79 Å². The predicted molar refractivity (Wildman–Crippen MR) is 143 cm³/mol. The average molecular weight is 539 g/mol. The van der Waals surface area contributed by atoms with Crippen molar-refractivity contribution in [1.29, 1.82) is 0 Å². The van der Waals surface area contributed by atoms with Gasteiger partial charge in [0, 0.05) is 6.42 Å². The molecule has 0 aliphatic rings. The number of hydrogen-bond donors (Lipinski definition) is 0. The van der Waals surface area contributed by atoms with Crippen LogP contribution in [0.25, 0.3) is 0 Å². The average Bonchev–Trinajstić information content (AvgIpc) is 2.81. The quantitative estimate of drug-likeness (QED) is 0.0911. The van der Waals surface area contributed by atoms with Crippen LogP contribution in [0.4, 0.5) is 0 Å². The van der Waals surface area contributed by atoms with E-state index in [-0.39, 0.29) is 11.0 Å². The molecule has 0 amide bonds. The molecule has 10 heteroatoms. The standard InChI is InChI=1S/C26H54O9Si/c1-7-8-9-10-25(27)34-23-21-32-19-17-30-15-13-28-11-12-29-14-16-31-18-20-33-22-24-35-36(5,6)26(2,3)4/h7-24H2,1-6H3. The zero-order chi connectivity index (χ0) is 27.0. The Morgan fingerprint density at radius 3 is 1.31 bits per heavy atom. The lowest BCUT2D eigenvalue weighted by Crippen LogP contribution is -2.41. The van der Waals surface area contributed by atoms with Gasteiger partial charge in [-0.15, -0.1) is 0 Å². The third kappa shape index (κ3) is 22.6. The minimum atomic E-state index is -1.69. The molecule has 0 aromatic rings. The maximum absolute atomic E-state index is 11.4. The molecule has 0 unspecified atom stereocenters. The van der Waals surface area contributed by atoms with Crippen LogP contribution < -0.4 is 0 Å². The normalized spacial score (nSPS) is 12.3. The first-order chi connectivity index (χ1) is 17.2. The van der Waals surface area contributed by atoms with Gasteiger partial charge in [0.05, 0.1) is 85.9 Å². The molecular formula is C26H54O9Si. The summed E-state index contributed by atoms with van der Waals surface area (Å²) < 4.78 is 43.9. The molecule has 0 atom stereocenters. The van der Waals surface area contributed by atoms with Crippen LogP contribution in [-0.2, 0) is 42.4 Å². The Morgan fingerprint density at radius 1 is 0.583 bits per heavy atom. The van der Waals surface area contributed by atoms with E-state index in [1.54, 1.807) is 0 Å². The minimum absolute atomic E-state index is 0.152. The minimum Gasteiger partial charge on any atom is -0.463 e. The van der Waals surface area contributed by atoms with E-state index in [1.165, 1.54) is 0 Å². The fourth-order valence-corrected chi connectivity index (χ4v) is 3.61. The Hall–Kier alpha value is -0.593. The van der Waals surface area contributed by atoms with Crippen LogP contribution in [-0.4, -0.2) is 107 Å². The number of unbranched alkanes of at least 4 members (excludes halogenated alkanes) is 2. The highest BCUT2D eigenvalue weighted by molar-refractivity contribution is 6.74. The lowest BCUT2D eigenvalue weighted by Gasteiger charge is -2.36. The van der Waals surface area contributed by atoms with Gasteiger partial charge in [-0.25, -0.2) is 0 Å². The highest BCUT2D eigenvalue weighted by Crippen LogP contribution is 2.36. The smallest absolute Gasteiger partial charge is 0.305 e. The van der Waals surface area contributed by atoms with Gasteiger partial charge in [0.2, 0.25) is 0 Å². The zero-order valence-electron chi connectivity index (χ0n) is 23.9. The Bertz CT molecular complexity index is 498. The molecule has 0 spiro atoms. The van der Waals surface area contributed by atoms with Gasteiger partial charge >= 0.3 is 5.97 Å². The van der Waals surface area contributed by atoms with Crippen molar-refractivity contribution in [2.24, 2.45) is 0 Å². The summed E-state index contributed by atoms with van der Waals surface area (Å²) in [4.78, 5) is 11.4. The van der Waals surface area contributed by atoms with Crippen molar-refractivity contribution in [1.82, 2.24) is 0 Å². The maximum Gasteiger partial charge on any atom is 0.305 e. The van der Waals surface area contributed by atoms with Crippen LogP contribution in [0.3, 0.4) is 0 Å². The summed E-state index contributed by atoms with van der Waals surface area (Å²) in [6.45, 7) is 20.3. The topological polar surface area (TPSA) is 90.9 Å². The van der Waals surface area contributed by atoms with Gasteiger partial charge in [-0.1, -0.05) is 40.5 Å². The van der Waals surface area contributed by atoms with E-state index in [4.69, 9.17) is 37.6 Å². The highest BCUT2D eigenvalue weighted by atomic mass is 28.4. The summed E-state index contributed by atoms with van der Waals surface area (Å²) in [7, 11) is -1.69. The molecule has 0 fully saturated rings. The van der Waals surface area contributed by atoms with E-state index < -0.39 is 8.32 Å². The Labute approximate surface area is 220 Å². The van der Waals surface area contributed by atoms with Gasteiger partial charge < -0.3 is 37.6 Å². The van der Waals surface area contributed by atoms with Crippen LogP contribution in [0.1, 0.15) is 53.4 Å². The Balaban J connectivity index is 3.20. The molecule has 0 aliphatic heterocycles. The molecule has 0 N–H and O–H groups in total. The SMILES string of the molecule is CCCCCC(=O)OCCOCCOCCOCCOCCOCCOCCO[Si](C)(C)C(C)(C)C. The van der Waals surface area contributed by atoms with Crippen molar-refractivity contribution in [3.05, 3.63) is 0 Å². The largest absolute Gasteiger partial charge is 0.463 e. The zero-order valence-corrected chi connectivity index (χ0v) is 24.9.